The Morgan fingerprint density at radius 3 is 2.67 bits per heavy atom. The number of nitriles is 1. The Morgan fingerprint density at radius 2 is 2.00 bits per heavy atom. The number of nitrogens with one attached hydrogen (secondary N) is 1. The van der Waals surface area contributed by atoms with E-state index in [-0.39, 0.29) is 34.3 Å². The normalized spacial score (nSPS) is 15.4. The highest BCUT2D eigenvalue weighted by atomic mass is 32.2. The second-order valence-corrected chi connectivity index (χ2v) is 9.61. The second kappa shape index (κ2) is 10.7. The van der Waals surface area contributed by atoms with E-state index in [0.29, 0.717) is 37.0 Å². The van der Waals surface area contributed by atoms with E-state index in [2.05, 4.69) is 15.1 Å². The lowest BCUT2D eigenvalue weighted by Gasteiger charge is -2.27. The number of nitrogens with zero attached hydrogens (tertiary/aromatic N) is 4. The fraction of sp³-hybridized carbons (Fsp3) is 0.348. The van der Waals surface area contributed by atoms with Crippen LogP contribution >= 0.6 is 0 Å². The van der Waals surface area contributed by atoms with Crippen LogP contribution in [0.5, 0.6) is 5.75 Å². The molecule has 190 valence electrons. The number of rotatable bonds is 7. The van der Waals surface area contributed by atoms with Gasteiger partial charge in [0.1, 0.15) is 12.1 Å². The maximum Gasteiger partial charge on any atom is 0.573 e. The Hall–Kier alpha value is -3.47. The number of halogens is 3. The fourth-order valence-corrected chi connectivity index (χ4v) is 4.67. The summed E-state index contributed by atoms with van der Waals surface area (Å²) in [7, 11) is -1.41. The quantitative estimate of drug-likeness (QED) is 0.506. The van der Waals surface area contributed by atoms with Gasteiger partial charge in [0.2, 0.25) is 0 Å². The molecular weight excluding hydrogens is 499 g/mol. The Kier molecular flexibility index (Phi) is 7.58. The van der Waals surface area contributed by atoms with E-state index in [9.17, 15) is 27.4 Å². The van der Waals surface area contributed by atoms with Gasteiger partial charge in [0.05, 0.1) is 57.1 Å². The molecule has 1 N–H and O–H groups in total. The summed E-state index contributed by atoms with van der Waals surface area (Å²) in [6.45, 7) is 3.92. The third-order valence-corrected chi connectivity index (χ3v) is 6.89. The Balaban J connectivity index is 1.76. The lowest BCUT2D eigenvalue weighted by Crippen LogP contribution is -2.36. The van der Waals surface area contributed by atoms with Crippen molar-refractivity contribution >= 4 is 27.4 Å². The molecule has 0 aliphatic carbocycles. The van der Waals surface area contributed by atoms with E-state index in [4.69, 9.17) is 4.74 Å². The minimum atomic E-state index is -4.95. The second-order valence-electron chi connectivity index (χ2n) is 7.90. The molecule has 1 aromatic heterocycles. The lowest BCUT2D eigenvalue weighted by atomic mass is 10.1. The summed E-state index contributed by atoms with van der Waals surface area (Å²) in [5.74, 6) is -0.187. The Bertz CT molecular complexity index is 1400. The molecule has 4 rings (SSSR count). The molecule has 1 unspecified atom stereocenters. The molecule has 0 bridgehead atoms. The van der Waals surface area contributed by atoms with Gasteiger partial charge in [-0.2, -0.15) is 5.26 Å². The van der Waals surface area contributed by atoms with Gasteiger partial charge < -0.3 is 9.47 Å². The van der Waals surface area contributed by atoms with Gasteiger partial charge in [-0.3, -0.25) is 19.3 Å². The van der Waals surface area contributed by atoms with Crippen LogP contribution in [0.3, 0.4) is 0 Å². The Labute approximate surface area is 206 Å². The van der Waals surface area contributed by atoms with Gasteiger partial charge in [-0.05, 0) is 30.3 Å². The molecule has 2 heterocycles. The first-order valence-electron chi connectivity index (χ1n) is 11.0. The summed E-state index contributed by atoms with van der Waals surface area (Å²) in [4.78, 5) is 19.8. The number of benzene rings is 2. The minimum Gasteiger partial charge on any atom is -0.405 e. The molecule has 1 saturated heterocycles. The zero-order valence-corrected chi connectivity index (χ0v) is 20.0. The SMILES string of the molecule is CCS(=O)c1ccc(C#N)cc1Nn1cnc2cc(CN3CCOCC3)c(OC(F)(F)F)cc2c1=O. The highest BCUT2D eigenvalue weighted by Crippen LogP contribution is 2.30. The van der Waals surface area contributed by atoms with Gasteiger partial charge in [-0.25, -0.2) is 9.66 Å². The molecule has 0 saturated carbocycles. The number of ether oxygens (including phenoxy) is 2. The first-order valence-corrected chi connectivity index (χ1v) is 12.3. The van der Waals surface area contributed by atoms with Gasteiger partial charge in [0, 0.05) is 31.0 Å². The molecule has 1 aliphatic heterocycles. The molecule has 0 radical (unpaired) electrons. The molecule has 9 nitrogen and oxygen atoms in total. The van der Waals surface area contributed by atoms with Crippen LogP contribution < -0.4 is 15.7 Å². The summed E-state index contributed by atoms with van der Waals surface area (Å²) in [5.41, 5.74) is 3.03. The van der Waals surface area contributed by atoms with Crippen molar-refractivity contribution in [2.45, 2.75) is 24.7 Å². The van der Waals surface area contributed by atoms with Crippen LogP contribution in [0.25, 0.3) is 10.9 Å². The highest BCUT2D eigenvalue weighted by Gasteiger charge is 2.33. The third-order valence-electron chi connectivity index (χ3n) is 5.52. The van der Waals surface area contributed by atoms with Crippen molar-refractivity contribution in [3.63, 3.8) is 0 Å². The number of anilines is 1. The smallest absolute Gasteiger partial charge is 0.405 e. The van der Waals surface area contributed by atoms with Crippen LogP contribution in [0.15, 0.2) is 46.3 Å². The average molecular weight is 522 g/mol. The zero-order chi connectivity index (χ0) is 25.9. The largest absolute Gasteiger partial charge is 0.573 e. The Morgan fingerprint density at radius 1 is 1.25 bits per heavy atom. The topological polar surface area (TPSA) is 109 Å². The highest BCUT2D eigenvalue weighted by molar-refractivity contribution is 7.85. The number of hydrogen-bond acceptors (Lipinski definition) is 8. The van der Waals surface area contributed by atoms with E-state index < -0.39 is 28.5 Å². The van der Waals surface area contributed by atoms with Crippen molar-refractivity contribution in [1.82, 2.24) is 14.6 Å². The molecular formula is C23H22F3N5O4S. The predicted molar refractivity (Wildman–Crippen MR) is 126 cm³/mol. The molecule has 3 aromatic rings. The summed E-state index contributed by atoms with van der Waals surface area (Å²) in [6.07, 6.45) is -3.77. The molecule has 1 fully saturated rings. The average Bonchev–Trinajstić information content (AvgIpc) is 2.85. The fourth-order valence-electron chi connectivity index (χ4n) is 3.79. The first kappa shape index (κ1) is 25.6. The van der Waals surface area contributed by atoms with E-state index >= 15 is 0 Å². The molecule has 0 spiro atoms. The maximum atomic E-state index is 13.2. The van der Waals surface area contributed by atoms with Crippen molar-refractivity contribution in [2.75, 3.05) is 37.5 Å². The first-order chi connectivity index (χ1) is 17.2. The number of hydrogen-bond donors (Lipinski definition) is 1. The van der Waals surface area contributed by atoms with Crippen molar-refractivity contribution < 1.29 is 26.9 Å². The van der Waals surface area contributed by atoms with Crippen molar-refractivity contribution in [3.8, 4) is 11.8 Å². The van der Waals surface area contributed by atoms with Gasteiger partial charge in [-0.15, -0.1) is 13.2 Å². The molecule has 13 heteroatoms. The predicted octanol–water partition coefficient (Wildman–Crippen LogP) is 3.00. The third kappa shape index (κ3) is 5.84. The summed E-state index contributed by atoms with van der Waals surface area (Å²) in [5, 5.41) is 9.12. The lowest BCUT2D eigenvalue weighted by molar-refractivity contribution is -0.275. The van der Waals surface area contributed by atoms with E-state index in [0.717, 1.165) is 10.7 Å². The maximum absolute atomic E-state index is 13.2. The molecule has 1 atom stereocenters. The van der Waals surface area contributed by atoms with Crippen molar-refractivity contribution in [3.05, 3.63) is 58.1 Å². The van der Waals surface area contributed by atoms with E-state index in [1.165, 1.54) is 30.6 Å². The number of aromatic nitrogens is 2. The number of alkyl halides is 3. The number of fused-ring (bicyclic) bond motifs is 1. The van der Waals surface area contributed by atoms with Gasteiger partial charge in [-0.1, -0.05) is 6.92 Å². The summed E-state index contributed by atoms with van der Waals surface area (Å²) >= 11 is 0. The molecule has 0 amide bonds. The van der Waals surface area contributed by atoms with Crippen LogP contribution in [0.1, 0.15) is 18.1 Å². The summed E-state index contributed by atoms with van der Waals surface area (Å²) in [6, 6.07) is 8.87. The van der Waals surface area contributed by atoms with E-state index in [1.807, 2.05) is 11.0 Å². The zero-order valence-electron chi connectivity index (χ0n) is 19.2. The molecule has 36 heavy (non-hydrogen) atoms. The van der Waals surface area contributed by atoms with Crippen LogP contribution in [-0.4, -0.2) is 57.2 Å². The molecule has 1 aliphatic rings. The standard InChI is InChI=1S/C23H22F3N5O4S/c1-2-36(33)21-4-3-15(12-27)9-19(21)29-31-14-28-18-10-16(13-30-5-7-34-8-6-30)20(35-23(24,25)26)11-17(18)22(31)32/h3-4,9-11,14,29H,2,5-8,13H2,1H3. The van der Waals surface area contributed by atoms with Crippen molar-refractivity contribution in [1.29, 1.82) is 5.26 Å². The van der Waals surface area contributed by atoms with Gasteiger partial charge in [0.15, 0.2) is 0 Å². The van der Waals surface area contributed by atoms with Crippen LogP contribution in [0, 0.1) is 11.3 Å². The van der Waals surface area contributed by atoms with Gasteiger partial charge >= 0.3 is 6.36 Å². The van der Waals surface area contributed by atoms with Crippen LogP contribution in [0.2, 0.25) is 0 Å². The van der Waals surface area contributed by atoms with Crippen LogP contribution in [-0.2, 0) is 22.1 Å². The van der Waals surface area contributed by atoms with Gasteiger partial charge in [0.25, 0.3) is 5.56 Å². The monoisotopic (exact) mass is 521 g/mol. The number of morpholine rings is 1. The van der Waals surface area contributed by atoms with Crippen LogP contribution in [0.4, 0.5) is 18.9 Å². The summed E-state index contributed by atoms with van der Waals surface area (Å²) < 4.78 is 62.5. The van der Waals surface area contributed by atoms with E-state index in [1.54, 1.807) is 6.92 Å². The minimum absolute atomic E-state index is 0.107. The molecule has 2 aromatic carbocycles. The van der Waals surface area contributed by atoms with Crippen molar-refractivity contribution in [2.24, 2.45) is 0 Å².